The van der Waals surface area contributed by atoms with Crippen LogP contribution in [0.3, 0.4) is 0 Å². The van der Waals surface area contributed by atoms with Gasteiger partial charge in [0.25, 0.3) is 0 Å². The molecule has 394 valence electrons. The number of carbonyl (C=O) groups is 3. The van der Waals surface area contributed by atoms with Gasteiger partial charge in [0.05, 0.1) is 0 Å². The first kappa shape index (κ1) is 85.4. The van der Waals surface area contributed by atoms with Crippen molar-refractivity contribution in [2.24, 2.45) is 23.5 Å². The second-order valence-corrected chi connectivity index (χ2v) is 19.9. The zero-order valence-electron chi connectivity index (χ0n) is 42.6. The molecule has 0 bridgehead atoms. The summed E-state index contributed by atoms with van der Waals surface area (Å²) in [6, 6.07) is 18.1. The number of unbranched alkanes of at least 4 members (excludes halogenated alkanes) is 16. The van der Waals surface area contributed by atoms with Gasteiger partial charge in [-0.25, -0.2) is 4.21 Å². The minimum absolute atomic E-state index is 0. The summed E-state index contributed by atoms with van der Waals surface area (Å²) in [5.74, 6) is 0.975. The summed E-state index contributed by atoms with van der Waals surface area (Å²) in [5.41, 5.74) is 5.08. The molecule has 1 fully saturated rings. The molecule has 1 aliphatic rings. The minimum atomic E-state index is -1.67. The van der Waals surface area contributed by atoms with E-state index in [4.69, 9.17) is 36.9 Å². The fourth-order valence-electron chi connectivity index (χ4n) is 5.34. The topological polar surface area (TPSA) is 283 Å². The van der Waals surface area contributed by atoms with Crippen molar-refractivity contribution in [3.05, 3.63) is 60.7 Å². The number of benzene rings is 2. The van der Waals surface area contributed by atoms with E-state index < -0.39 is 15.2 Å². The molecule has 12 nitrogen and oxygen atoms in total. The number of para-hydroxylation sites is 2. The fourth-order valence-corrected chi connectivity index (χ4v) is 5.48. The van der Waals surface area contributed by atoms with Crippen LogP contribution in [0.1, 0.15) is 208 Å². The van der Waals surface area contributed by atoms with Crippen molar-refractivity contribution in [3.63, 3.8) is 0 Å². The molecule has 2 aromatic rings. The van der Waals surface area contributed by atoms with E-state index >= 15 is 0 Å². The number of primary amides is 1. The van der Waals surface area contributed by atoms with Gasteiger partial charge in [-0.1, -0.05) is 225 Å². The van der Waals surface area contributed by atoms with Gasteiger partial charge in [-0.2, -0.15) is 0 Å². The third-order valence-corrected chi connectivity index (χ3v) is 9.03. The van der Waals surface area contributed by atoms with Crippen molar-refractivity contribution in [1.82, 2.24) is 6.15 Å². The van der Waals surface area contributed by atoms with Crippen molar-refractivity contribution in [1.29, 1.82) is 0 Å². The van der Waals surface area contributed by atoms with Crippen LogP contribution in [0.15, 0.2) is 60.7 Å². The maximum Gasteiger partial charge on any atom is 1.00 e. The van der Waals surface area contributed by atoms with Crippen LogP contribution in [-0.2, 0) is 23.6 Å². The minimum Gasteiger partial charge on any atom is -0.870 e. The summed E-state index contributed by atoms with van der Waals surface area (Å²) in [5, 5.41) is 25.2. The smallest absolute Gasteiger partial charge is 0.870 e. The molecule has 2 aromatic carbocycles. The Morgan fingerprint density at radius 2 is 0.806 bits per heavy atom. The van der Waals surface area contributed by atoms with Crippen LogP contribution in [0.25, 0.3) is 0 Å². The predicted molar refractivity (Wildman–Crippen MR) is 282 cm³/mol. The van der Waals surface area contributed by atoms with E-state index in [9.17, 15) is 14.4 Å². The largest absolute Gasteiger partial charge is 1.00 e. The number of carbonyl (C=O) groups excluding carboxylic acids is 2. The SMILES string of the molecule is C1CC1.CC(C)CC(=O)O.CC(C)CCCCCCCCCCCC(=O)Cl.CC(C)CCCCCCCCCCCC(N)=O.N.O.O.O=S(Cl)Cl.Oc1ccccc1O.[Na+].[OH-].c1ccccc1. The molecule has 1 amide bonds. The van der Waals surface area contributed by atoms with Crippen molar-refractivity contribution in [3.8, 4) is 11.5 Å². The van der Waals surface area contributed by atoms with Gasteiger partial charge >= 0.3 is 35.5 Å². The van der Waals surface area contributed by atoms with E-state index in [1.165, 1.54) is 134 Å². The van der Waals surface area contributed by atoms with E-state index in [1.54, 1.807) is 12.1 Å². The van der Waals surface area contributed by atoms with Crippen LogP contribution >= 0.6 is 33.0 Å². The first-order valence-corrected chi connectivity index (χ1v) is 26.5. The van der Waals surface area contributed by atoms with Crippen molar-refractivity contribution in [2.45, 2.75) is 208 Å². The molecule has 0 aromatic heterocycles. The molecule has 0 atom stereocenters. The van der Waals surface area contributed by atoms with Crippen LogP contribution < -0.4 is 41.4 Å². The molecule has 0 aliphatic heterocycles. The fraction of sp³-hybridized carbons (Fsp3) is 0.700. The number of hydrogen-bond donors (Lipinski definition) is 5. The summed E-state index contributed by atoms with van der Waals surface area (Å²) in [6.07, 6.45) is 32.0. The van der Waals surface area contributed by atoms with Crippen molar-refractivity contribution < 1.29 is 79.9 Å². The van der Waals surface area contributed by atoms with E-state index in [1.807, 2.05) is 50.2 Å². The van der Waals surface area contributed by atoms with E-state index in [2.05, 4.69) is 49.1 Å². The van der Waals surface area contributed by atoms with E-state index in [-0.39, 0.29) is 87.1 Å². The first-order chi connectivity index (χ1) is 29.4. The second kappa shape index (κ2) is 68.8. The Bertz CT molecular complexity index is 1200. The van der Waals surface area contributed by atoms with Crippen molar-refractivity contribution in [2.75, 3.05) is 0 Å². The molecule has 0 unspecified atom stereocenters. The van der Waals surface area contributed by atoms with E-state index in [0.717, 1.165) is 37.5 Å². The standard InChI is InChI=1S/C15H29ClO.C15H31NO.C6H6O2.C6H6.C5H10O2.C3H6.Cl2OS.H3N.Na.3H2O/c2*1-14(2)12-10-8-6-4-3-5-7-9-11-13-15(16)17;7-5-3-1-2-4-6(5)8;1-2-4-6-5-3-1;1-4(2)3-5(6)7;1-2-3-1;1-4(2)3;;;;;/h14H,3-13H2,1-2H3;14H,3-13H2,1-2H3,(H2,16,17);1-4,7-8H;1-6H;4H,3H2,1-2H3,(H,6,7);1-3H2;;1H3;;3*1H2/q;;;;;;;;+1;;;/p-1. The Labute approximate surface area is 446 Å². The zero-order valence-corrected chi connectivity index (χ0v) is 47.7. The van der Waals surface area contributed by atoms with Gasteiger partial charge in [0.1, 0.15) is 0 Å². The van der Waals surface area contributed by atoms with Crippen LogP contribution in [0, 0.1) is 17.8 Å². The molecule has 1 saturated carbocycles. The average Bonchev–Trinajstić information content (AvgIpc) is 4.08. The van der Waals surface area contributed by atoms with Gasteiger partial charge in [-0.05, 0) is 54.3 Å². The Hall–Kier alpha value is -1.49. The molecular formula is C50H96Cl3N2NaO10S. The third-order valence-electron chi connectivity index (χ3n) is 8.84. The summed E-state index contributed by atoms with van der Waals surface area (Å²) in [7, 11) is 7.36. The summed E-state index contributed by atoms with van der Waals surface area (Å²) < 4.78 is 9.09. The molecular weight excluding hydrogens is 950 g/mol. The Morgan fingerprint density at radius 3 is 0.985 bits per heavy atom. The first-order valence-electron chi connectivity index (χ1n) is 23.3. The number of phenolic OH excluding ortho intramolecular Hbond substituents is 2. The van der Waals surface area contributed by atoms with Gasteiger partial charge in [0.2, 0.25) is 20.4 Å². The van der Waals surface area contributed by atoms with Crippen LogP contribution in [0.5, 0.6) is 11.5 Å². The van der Waals surface area contributed by atoms with E-state index in [0.29, 0.717) is 12.8 Å². The molecule has 13 N–H and O–H groups in total. The number of carboxylic acids is 1. The number of halogens is 3. The maximum absolute atomic E-state index is 10.5. The normalized spacial score (nSPS) is 9.99. The monoisotopic (exact) mass is 1040 g/mol. The summed E-state index contributed by atoms with van der Waals surface area (Å²) in [6.45, 7) is 13.0. The van der Waals surface area contributed by atoms with Crippen molar-refractivity contribution >= 4 is 59.3 Å². The number of aromatic hydroxyl groups is 2. The van der Waals surface area contributed by atoms with Crippen LogP contribution in [0.2, 0.25) is 0 Å². The third kappa shape index (κ3) is 107. The Morgan fingerprint density at radius 1 is 0.552 bits per heavy atom. The molecule has 0 radical (unpaired) electrons. The number of amides is 1. The molecule has 3 rings (SSSR count). The van der Waals surface area contributed by atoms with Crippen LogP contribution in [0.4, 0.5) is 0 Å². The Balaban J connectivity index is -0.0000000885. The number of phenols is 2. The molecule has 0 spiro atoms. The molecule has 0 saturated heterocycles. The van der Waals surface area contributed by atoms with Gasteiger partial charge in [0.15, 0.2) is 11.5 Å². The molecule has 17 heteroatoms. The van der Waals surface area contributed by atoms with Gasteiger partial charge in [-0.15, -0.1) is 0 Å². The average molecular weight is 1050 g/mol. The zero-order chi connectivity index (χ0) is 47.7. The molecule has 0 heterocycles. The number of nitrogens with two attached hydrogens (primary N) is 1. The predicted octanol–water partition coefficient (Wildman–Crippen LogP) is 11.6. The van der Waals surface area contributed by atoms with Gasteiger partial charge in [-0.3, -0.25) is 14.4 Å². The van der Waals surface area contributed by atoms with Gasteiger partial charge < -0.3 is 43.6 Å². The summed E-state index contributed by atoms with van der Waals surface area (Å²) in [4.78, 5) is 30.8. The number of hydrogen-bond acceptors (Lipinski definition) is 8. The molecule has 1 aliphatic carbocycles. The molecule has 67 heavy (non-hydrogen) atoms. The quantitative estimate of drug-likeness (QED) is 0.0259. The Kier molecular flexibility index (Phi) is 87.6. The maximum atomic E-state index is 10.5. The number of carboxylic acid groups (broad SMARTS) is 1. The second-order valence-electron chi connectivity index (χ2n) is 16.9. The summed E-state index contributed by atoms with van der Waals surface area (Å²) >= 11 is 5.27. The van der Waals surface area contributed by atoms with Gasteiger partial charge in [0, 0.05) is 40.6 Å². The number of aliphatic carboxylic acids is 1. The number of rotatable bonds is 26. The van der Waals surface area contributed by atoms with Crippen LogP contribution in [-0.4, -0.2) is 53.1 Å².